The molecule has 0 radical (unpaired) electrons. The summed E-state index contributed by atoms with van der Waals surface area (Å²) in [6, 6.07) is 6.84. The molecule has 0 bridgehead atoms. The van der Waals surface area contributed by atoms with Crippen molar-refractivity contribution in [2.45, 2.75) is 12.5 Å². The summed E-state index contributed by atoms with van der Waals surface area (Å²) in [6.45, 7) is 2.00. The van der Waals surface area contributed by atoms with Crippen molar-refractivity contribution >= 4 is 0 Å². The SMILES string of the molecule is CN(CCc1ccccc1F)CC(N)CN. The average Bonchev–Trinajstić information content (AvgIpc) is 2.28. The topological polar surface area (TPSA) is 55.3 Å². The van der Waals surface area contributed by atoms with Crippen molar-refractivity contribution in [3.8, 4) is 0 Å². The Morgan fingerprint density at radius 2 is 2.06 bits per heavy atom. The van der Waals surface area contributed by atoms with Crippen molar-refractivity contribution in [3.05, 3.63) is 35.6 Å². The minimum Gasteiger partial charge on any atom is -0.329 e. The fraction of sp³-hybridized carbons (Fsp3) is 0.500. The molecule has 1 rings (SSSR count). The van der Waals surface area contributed by atoms with Gasteiger partial charge in [0.15, 0.2) is 0 Å². The Balaban J connectivity index is 2.37. The van der Waals surface area contributed by atoms with E-state index in [1.807, 2.05) is 19.2 Å². The Hall–Kier alpha value is -0.970. The van der Waals surface area contributed by atoms with Gasteiger partial charge in [-0.15, -0.1) is 0 Å². The summed E-state index contributed by atoms with van der Waals surface area (Å²) in [5, 5.41) is 0. The highest BCUT2D eigenvalue weighted by molar-refractivity contribution is 5.17. The third-order valence-corrected chi connectivity index (χ3v) is 2.57. The number of hydrogen-bond acceptors (Lipinski definition) is 3. The predicted octanol–water partition coefficient (Wildman–Crippen LogP) is 0.586. The molecule has 0 spiro atoms. The van der Waals surface area contributed by atoms with Crippen LogP contribution in [0, 0.1) is 5.82 Å². The Labute approximate surface area is 96.2 Å². The number of likely N-dealkylation sites (N-methyl/N-ethyl adjacent to an activating group) is 1. The Morgan fingerprint density at radius 3 is 2.69 bits per heavy atom. The first kappa shape index (κ1) is 13.1. The standard InChI is InChI=1S/C12H20FN3/c1-16(9-11(15)8-14)7-6-10-4-2-3-5-12(10)13/h2-5,11H,6-9,14-15H2,1H3. The Bertz CT molecular complexity index is 317. The minimum absolute atomic E-state index is 0.00868. The zero-order valence-corrected chi connectivity index (χ0v) is 9.70. The van der Waals surface area contributed by atoms with E-state index in [0.717, 1.165) is 18.7 Å². The van der Waals surface area contributed by atoms with Gasteiger partial charge in [-0.05, 0) is 25.1 Å². The van der Waals surface area contributed by atoms with E-state index in [1.165, 1.54) is 6.07 Å². The Morgan fingerprint density at radius 1 is 1.38 bits per heavy atom. The van der Waals surface area contributed by atoms with Crippen molar-refractivity contribution in [2.75, 3.05) is 26.7 Å². The lowest BCUT2D eigenvalue weighted by atomic mass is 10.1. The minimum atomic E-state index is -0.140. The molecule has 0 aliphatic heterocycles. The first-order chi connectivity index (χ1) is 7.63. The molecule has 4 N–H and O–H groups in total. The van der Waals surface area contributed by atoms with Gasteiger partial charge in [0.2, 0.25) is 0 Å². The van der Waals surface area contributed by atoms with Crippen LogP contribution in [0.2, 0.25) is 0 Å². The molecule has 0 aliphatic rings. The third-order valence-electron chi connectivity index (χ3n) is 2.57. The molecule has 1 aromatic carbocycles. The van der Waals surface area contributed by atoms with E-state index < -0.39 is 0 Å². The lowest BCUT2D eigenvalue weighted by molar-refractivity contribution is 0.315. The van der Waals surface area contributed by atoms with Gasteiger partial charge in [0.05, 0.1) is 0 Å². The highest BCUT2D eigenvalue weighted by Crippen LogP contribution is 2.07. The normalized spacial score (nSPS) is 13.1. The molecule has 0 aromatic heterocycles. The first-order valence-corrected chi connectivity index (χ1v) is 5.51. The Kier molecular flexibility index (Phi) is 5.38. The summed E-state index contributed by atoms with van der Waals surface area (Å²) in [4.78, 5) is 2.07. The fourth-order valence-corrected chi connectivity index (χ4v) is 1.58. The third kappa shape index (κ3) is 4.26. The molecular formula is C12H20FN3. The van der Waals surface area contributed by atoms with Gasteiger partial charge in [-0.25, -0.2) is 4.39 Å². The van der Waals surface area contributed by atoms with E-state index in [0.29, 0.717) is 13.0 Å². The number of hydrogen-bond donors (Lipinski definition) is 2. The quantitative estimate of drug-likeness (QED) is 0.745. The van der Waals surface area contributed by atoms with Crippen LogP contribution in [0.15, 0.2) is 24.3 Å². The van der Waals surface area contributed by atoms with E-state index in [2.05, 4.69) is 4.90 Å². The zero-order valence-electron chi connectivity index (χ0n) is 9.70. The van der Waals surface area contributed by atoms with Crippen LogP contribution in [0.3, 0.4) is 0 Å². The second kappa shape index (κ2) is 6.58. The molecule has 0 saturated heterocycles. The maximum Gasteiger partial charge on any atom is 0.126 e. The highest BCUT2D eigenvalue weighted by atomic mass is 19.1. The number of nitrogens with zero attached hydrogens (tertiary/aromatic N) is 1. The highest BCUT2D eigenvalue weighted by Gasteiger charge is 2.06. The smallest absolute Gasteiger partial charge is 0.126 e. The van der Waals surface area contributed by atoms with Gasteiger partial charge in [-0.2, -0.15) is 0 Å². The second-order valence-electron chi connectivity index (χ2n) is 4.10. The number of rotatable bonds is 6. The molecule has 90 valence electrons. The molecule has 0 amide bonds. The van der Waals surface area contributed by atoms with Crippen LogP contribution in [0.4, 0.5) is 4.39 Å². The molecule has 0 fully saturated rings. The number of benzene rings is 1. The monoisotopic (exact) mass is 225 g/mol. The molecular weight excluding hydrogens is 205 g/mol. The molecule has 0 aliphatic carbocycles. The summed E-state index contributed by atoms with van der Waals surface area (Å²) in [5.74, 6) is -0.140. The molecule has 0 saturated carbocycles. The number of halogens is 1. The predicted molar refractivity (Wildman–Crippen MR) is 64.6 cm³/mol. The zero-order chi connectivity index (χ0) is 12.0. The molecule has 1 atom stereocenters. The van der Waals surface area contributed by atoms with E-state index in [-0.39, 0.29) is 11.9 Å². The van der Waals surface area contributed by atoms with Gasteiger partial charge in [0, 0.05) is 25.7 Å². The first-order valence-electron chi connectivity index (χ1n) is 5.51. The molecule has 16 heavy (non-hydrogen) atoms. The van der Waals surface area contributed by atoms with E-state index >= 15 is 0 Å². The van der Waals surface area contributed by atoms with Gasteiger partial charge in [0.1, 0.15) is 5.82 Å². The van der Waals surface area contributed by atoms with Gasteiger partial charge >= 0.3 is 0 Å². The summed E-state index contributed by atoms with van der Waals surface area (Å²) in [6.07, 6.45) is 0.695. The number of nitrogens with two attached hydrogens (primary N) is 2. The molecule has 1 aromatic rings. The van der Waals surface area contributed by atoms with Crippen LogP contribution in [-0.2, 0) is 6.42 Å². The lowest BCUT2D eigenvalue weighted by Gasteiger charge is -2.20. The molecule has 0 heterocycles. The van der Waals surface area contributed by atoms with Crippen molar-refractivity contribution in [1.82, 2.24) is 4.90 Å². The van der Waals surface area contributed by atoms with Crippen LogP contribution >= 0.6 is 0 Å². The van der Waals surface area contributed by atoms with Gasteiger partial charge in [0.25, 0.3) is 0 Å². The van der Waals surface area contributed by atoms with Crippen molar-refractivity contribution in [3.63, 3.8) is 0 Å². The van der Waals surface area contributed by atoms with E-state index in [9.17, 15) is 4.39 Å². The summed E-state index contributed by atoms with van der Waals surface area (Å²) < 4.78 is 13.3. The van der Waals surface area contributed by atoms with Crippen LogP contribution in [0.5, 0.6) is 0 Å². The molecule has 1 unspecified atom stereocenters. The van der Waals surface area contributed by atoms with Gasteiger partial charge in [-0.3, -0.25) is 0 Å². The van der Waals surface area contributed by atoms with Gasteiger partial charge in [-0.1, -0.05) is 18.2 Å². The van der Waals surface area contributed by atoms with Crippen LogP contribution < -0.4 is 11.5 Å². The second-order valence-corrected chi connectivity index (χ2v) is 4.10. The summed E-state index contributed by atoms with van der Waals surface area (Å²) >= 11 is 0. The van der Waals surface area contributed by atoms with Gasteiger partial charge < -0.3 is 16.4 Å². The van der Waals surface area contributed by atoms with E-state index in [4.69, 9.17) is 11.5 Å². The maximum atomic E-state index is 13.3. The van der Waals surface area contributed by atoms with Crippen LogP contribution in [0.25, 0.3) is 0 Å². The average molecular weight is 225 g/mol. The summed E-state index contributed by atoms with van der Waals surface area (Å²) in [5.41, 5.74) is 11.9. The molecule has 3 nitrogen and oxygen atoms in total. The molecule has 4 heteroatoms. The van der Waals surface area contributed by atoms with Crippen molar-refractivity contribution in [1.29, 1.82) is 0 Å². The van der Waals surface area contributed by atoms with Crippen LogP contribution in [-0.4, -0.2) is 37.6 Å². The fourth-order valence-electron chi connectivity index (χ4n) is 1.58. The lowest BCUT2D eigenvalue weighted by Crippen LogP contribution is -2.41. The summed E-state index contributed by atoms with van der Waals surface area (Å²) in [7, 11) is 1.97. The van der Waals surface area contributed by atoms with Crippen molar-refractivity contribution < 1.29 is 4.39 Å². The maximum absolute atomic E-state index is 13.3. The van der Waals surface area contributed by atoms with Crippen molar-refractivity contribution in [2.24, 2.45) is 11.5 Å². The van der Waals surface area contributed by atoms with E-state index in [1.54, 1.807) is 6.07 Å². The van der Waals surface area contributed by atoms with Crippen LogP contribution in [0.1, 0.15) is 5.56 Å². The largest absolute Gasteiger partial charge is 0.329 e.